The van der Waals surface area contributed by atoms with Crippen molar-refractivity contribution < 1.29 is 22.7 Å². The number of esters is 1. The summed E-state index contributed by atoms with van der Waals surface area (Å²) in [4.78, 5) is 14.4. The van der Waals surface area contributed by atoms with Gasteiger partial charge >= 0.3 is 5.97 Å². The summed E-state index contributed by atoms with van der Waals surface area (Å²) in [5.41, 5.74) is -0.616. The highest BCUT2D eigenvalue weighted by Gasteiger charge is 2.14. The summed E-state index contributed by atoms with van der Waals surface area (Å²) in [5.74, 6) is -5.15. The Hall–Kier alpha value is -1.85. The van der Waals surface area contributed by atoms with Gasteiger partial charge in [-0.3, -0.25) is 0 Å². The molecule has 0 heterocycles. The van der Waals surface area contributed by atoms with E-state index in [4.69, 9.17) is 0 Å². The summed E-state index contributed by atoms with van der Waals surface area (Å²) in [6.07, 6.45) is 0. The normalized spacial score (nSPS) is 11.4. The lowest BCUT2D eigenvalue weighted by Gasteiger charge is -2.01. The van der Waals surface area contributed by atoms with Crippen molar-refractivity contribution in [3.63, 3.8) is 0 Å². The molecular weight excluding hydrogens is 223 g/mol. The summed E-state index contributed by atoms with van der Waals surface area (Å²) in [6.45, 7) is 1.27. The SMILES string of the molecule is COC(=O)C(C)=Nc1ccc(F)c(F)c1F. The fourth-order valence-corrected chi connectivity index (χ4v) is 0.976. The van der Waals surface area contributed by atoms with Crippen molar-refractivity contribution in [3.8, 4) is 0 Å². The monoisotopic (exact) mass is 231 g/mol. The highest BCUT2D eigenvalue weighted by molar-refractivity contribution is 6.35. The van der Waals surface area contributed by atoms with Gasteiger partial charge in [-0.15, -0.1) is 0 Å². The van der Waals surface area contributed by atoms with E-state index < -0.39 is 29.1 Å². The lowest BCUT2D eigenvalue weighted by Crippen LogP contribution is -2.11. The number of hydrogen-bond acceptors (Lipinski definition) is 3. The molecule has 1 aromatic carbocycles. The average Bonchev–Trinajstić information content (AvgIpc) is 2.28. The molecule has 0 saturated heterocycles. The zero-order valence-corrected chi connectivity index (χ0v) is 8.55. The van der Waals surface area contributed by atoms with Crippen LogP contribution < -0.4 is 0 Å². The summed E-state index contributed by atoms with van der Waals surface area (Å²) < 4.78 is 42.8. The molecule has 0 radical (unpaired) electrons. The van der Waals surface area contributed by atoms with E-state index in [0.717, 1.165) is 19.2 Å². The van der Waals surface area contributed by atoms with Crippen molar-refractivity contribution in [2.75, 3.05) is 7.11 Å². The topological polar surface area (TPSA) is 38.7 Å². The zero-order chi connectivity index (χ0) is 12.3. The van der Waals surface area contributed by atoms with Gasteiger partial charge in [-0.2, -0.15) is 0 Å². The molecule has 0 aliphatic rings. The molecule has 0 aliphatic carbocycles. The van der Waals surface area contributed by atoms with Gasteiger partial charge in [-0.05, 0) is 19.1 Å². The van der Waals surface area contributed by atoms with Gasteiger partial charge in [0.2, 0.25) is 0 Å². The number of carbonyl (C=O) groups is 1. The van der Waals surface area contributed by atoms with E-state index in [1.165, 1.54) is 6.92 Å². The van der Waals surface area contributed by atoms with E-state index in [0.29, 0.717) is 0 Å². The zero-order valence-electron chi connectivity index (χ0n) is 8.55. The van der Waals surface area contributed by atoms with E-state index in [9.17, 15) is 18.0 Å². The van der Waals surface area contributed by atoms with Crippen LogP contribution in [-0.4, -0.2) is 18.8 Å². The van der Waals surface area contributed by atoms with Crippen molar-refractivity contribution in [1.29, 1.82) is 0 Å². The highest BCUT2D eigenvalue weighted by atomic mass is 19.2. The van der Waals surface area contributed by atoms with Crippen LogP contribution in [0.1, 0.15) is 6.92 Å². The molecule has 0 atom stereocenters. The number of halogens is 3. The van der Waals surface area contributed by atoms with E-state index in [1.54, 1.807) is 0 Å². The molecule has 16 heavy (non-hydrogen) atoms. The third-order valence-corrected chi connectivity index (χ3v) is 1.78. The summed E-state index contributed by atoms with van der Waals surface area (Å²) >= 11 is 0. The van der Waals surface area contributed by atoms with Crippen molar-refractivity contribution in [2.24, 2.45) is 4.99 Å². The first-order chi connectivity index (χ1) is 7.47. The minimum absolute atomic E-state index is 0.160. The van der Waals surface area contributed by atoms with Crippen LogP contribution in [0, 0.1) is 17.5 Å². The number of methoxy groups -OCH3 is 1. The fraction of sp³-hybridized carbons (Fsp3) is 0.200. The summed E-state index contributed by atoms with van der Waals surface area (Å²) in [6, 6.07) is 1.65. The number of rotatable bonds is 2. The van der Waals surface area contributed by atoms with E-state index in [1.807, 2.05) is 0 Å². The van der Waals surface area contributed by atoms with E-state index in [-0.39, 0.29) is 5.71 Å². The first-order valence-corrected chi connectivity index (χ1v) is 4.24. The highest BCUT2D eigenvalue weighted by Crippen LogP contribution is 2.22. The lowest BCUT2D eigenvalue weighted by atomic mass is 10.3. The first-order valence-electron chi connectivity index (χ1n) is 4.24. The molecule has 1 aromatic rings. The molecule has 0 aliphatic heterocycles. The predicted molar refractivity (Wildman–Crippen MR) is 51.1 cm³/mol. The van der Waals surface area contributed by atoms with Crippen LogP contribution in [-0.2, 0) is 9.53 Å². The van der Waals surface area contributed by atoms with Crippen LogP contribution in [0.2, 0.25) is 0 Å². The molecule has 0 bridgehead atoms. The second kappa shape index (κ2) is 4.78. The van der Waals surface area contributed by atoms with Gasteiger partial charge in [0.25, 0.3) is 0 Å². The second-order valence-electron chi connectivity index (χ2n) is 2.88. The van der Waals surface area contributed by atoms with Crippen LogP contribution in [0.15, 0.2) is 17.1 Å². The minimum Gasteiger partial charge on any atom is -0.465 e. The molecule has 0 unspecified atom stereocenters. The minimum atomic E-state index is -1.63. The molecule has 0 amide bonds. The molecule has 1 rings (SSSR count). The Labute approximate surface area is 89.6 Å². The molecule has 0 N–H and O–H groups in total. The van der Waals surface area contributed by atoms with E-state index >= 15 is 0 Å². The number of hydrogen-bond donors (Lipinski definition) is 0. The molecule has 6 heteroatoms. The Kier molecular flexibility index (Phi) is 3.65. The van der Waals surface area contributed by atoms with Gasteiger partial charge in [0, 0.05) is 0 Å². The van der Waals surface area contributed by atoms with Gasteiger partial charge < -0.3 is 4.74 Å². The lowest BCUT2D eigenvalue weighted by molar-refractivity contribution is -0.132. The number of ether oxygens (including phenoxy) is 1. The standard InChI is InChI=1S/C10H8F3NO2/c1-5(10(15)16-2)14-7-4-3-6(11)8(12)9(7)13/h3-4H,1-2H3. The van der Waals surface area contributed by atoms with Crippen LogP contribution in [0.25, 0.3) is 0 Å². The average molecular weight is 231 g/mol. The van der Waals surface area contributed by atoms with Crippen LogP contribution in [0.4, 0.5) is 18.9 Å². The van der Waals surface area contributed by atoms with Gasteiger partial charge in [-0.25, -0.2) is 23.0 Å². The Morgan fingerprint density at radius 3 is 2.44 bits per heavy atom. The largest absolute Gasteiger partial charge is 0.465 e. The Bertz CT molecular complexity index is 458. The maximum absolute atomic E-state index is 13.1. The fourth-order valence-electron chi connectivity index (χ4n) is 0.976. The third kappa shape index (κ3) is 2.39. The summed E-state index contributed by atoms with van der Waals surface area (Å²) in [5, 5.41) is 0. The number of benzene rings is 1. The van der Waals surface area contributed by atoms with Crippen molar-refractivity contribution in [2.45, 2.75) is 6.92 Å². The second-order valence-corrected chi connectivity index (χ2v) is 2.88. The van der Waals surface area contributed by atoms with Crippen LogP contribution in [0.5, 0.6) is 0 Å². The predicted octanol–water partition coefficient (Wildman–Crippen LogP) is 2.37. The molecule has 0 fully saturated rings. The molecule has 3 nitrogen and oxygen atoms in total. The Balaban J connectivity index is 3.16. The van der Waals surface area contributed by atoms with Crippen LogP contribution >= 0.6 is 0 Å². The van der Waals surface area contributed by atoms with Crippen molar-refractivity contribution in [3.05, 3.63) is 29.6 Å². The van der Waals surface area contributed by atoms with Gasteiger partial charge in [0.1, 0.15) is 11.4 Å². The van der Waals surface area contributed by atoms with Gasteiger partial charge in [-0.1, -0.05) is 0 Å². The van der Waals surface area contributed by atoms with E-state index in [2.05, 4.69) is 9.73 Å². The Morgan fingerprint density at radius 2 is 1.88 bits per heavy atom. The number of aliphatic imine (C=N–C) groups is 1. The molecule has 0 spiro atoms. The smallest absolute Gasteiger partial charge is 0.352 e. The molecule has 0 aromatic heterocycles. The van der Waals surface area contributed by atoms with Crippen molar-refractivity contribution in [1.82, 2.24) is 0 Å². The maximum Gasteiger partial charge on any atom is 0.352 e. The molecule has 0 saturated carbocycles. The third-order valence-electron chi connectivity index (χ3n) is 1.78. The number of carbonyl (C=O) groups excluding carboxylic acids is 1. The molecular formula is C10H8F3NO2. The quantitative estimate of drug-likeness (QED) is 0.445. The summed E-state index contributed by atoms with van der Waals surface area (Å²) in [7, 11) is 1.13. The van der Waals surface area contributed by atoms with Crippen molar-refractivity contribution >= 4 is 17.4 Å². The van der Waals surface area contributed by atoms with Gasteiger partial charge in [0.05, 0.1) is 7.11 Å². The maximum atomic E-state index is 13.1. The number of nitrogens with zero attached hydrogens (tertiary/aromatic N) is 1. The molecule has 86 valence electrons. The van der Waals surface area contributed by atoms with Gasteiger partial charge in [0.15, 0.2) is 17.5 Å². The Morgan fingerprint density at radius 1 is 1.25 bits per heavy atom. The first kappa shape index (κ1) is 12.2. The van der Waals surface area contributed by atoms with Crippen LogP contribution in [0.3, 0.4) is 0 Å².